The van der Waals surface area contributed by atoms with Gasteiger partial charge in [-0.1, -0.05) is 60.7 Å². The average molecular weight is 585 g/mol. The Morgan fingerprint density at radius 1 is 0.852 bits per heavy atom. The molecule has 1 heterocycles. The van der Waals surface area contributed by atoms with Crippen molar-refractivity contribution in [2.45, 2.75) is 5.72 Å². The Morgan fingerprint density at radius 2 is 1.41 bits per heavy atom. The van der Waals surface area contributed by atoms with E-state index >= 15 is 0 Å². The van der Waals surface area contributed by atoms with Crippen molar-refractivity contribution >= 4 is 47.7 Å². The first-order valence-corrected chi connectivity index (χ1v) is 11.9. The SMILES string of the molecule is OC1=C(Br)[C@](Nc2ccccc2)(c2ccccc2)Oc2ccccc21.[Cu][I]. The van der Waals surface area contributed by atoms with E-state index in [2.05, 4.69) is 34.0 Å². The number of fused-ring (bicyclic) bond motifs is 1. The van der Waals surface area contributed by atoms with Crippen LogP contribution in [0.25, 0.3) is 5.76 Å². The number of hydrogen-bond acceptors (Lipinski definition) is 3. The second-order valence-corrected chi connectivity index (χ2v) is 6.59. The number of ether oxygens (including phenoxy) is 1. The van der Waals surface area contributed by atoms with Gasteiger partial charge in [0, 0.05) is 11.3 Å². The van der Waals surface area contributed by atoms with Gasteiger partial charge in [0.25, 0.3) is 0 Å². The van der Waals surface area contributed by atoms with Crippen LogP contribution in [-0.2, 0) is 18.5 Å². The molecule has 0 aromatic heterocycles. The van der Waals surface area contributed by atoms with Gasteiger partial charge in [-0.05, 0) is 40.2 Å². The molecule has 142 valence electrons. The first-order valence-electron chi connectivity index (χ1n) is 8.08. The van der Waals surface area contributed by atoms with Crippen molar-refractivity contribution in [1.29, 1.82) is 0 Å². The Kier molecular flexibility index (Phi) is 6.87. The van der Waals surface area contributed by atoms with Crippen LogP contribution >= 0.6 is 36.3 Å². The zero-order valence-electron chi connectivity index (χ0n) is 14.0. The van der Waals surface area contributed by atoms with Gasteiger partial charge in [-0.25, -0.2) is 0 Å². The molecule has 1 atom stereocenters. The van der Waals surface area contributed by atoms with Crippen molar-refractivity contribution in [3.05, 3.63) is 101 Å². The summed E-state index contributed by atoms with van der Waals surface area (Å²) in [6.07, 6.45) is 0. The third-order valence-corrected chi connectivity index (χ3v) is 5.13. The van der Waals surface area contributed by atoms with Crippen molar-refractivity contribution in [2.75, 3.05) is 5.32 Å². The molecule has 4 rings (SSSR count). The molecule has 1 aliphatic heterocycles. The van der Waals surface area contributed by atoms with Gasteiger partial charge in [-0.15, -0.1) is 0 Å². The average Bonchev–Trinajstić information content (AvgIpc) is 2.75. The predicted molar refractivity (Wildman–Crippen MR) is 118 cm³/mol. The summed E-state index contributed by atoms with van der Waals surface area (Å²) in [7, 11) is 0. The Balaban J connectivity index is 0.00000102. The first-order chi connectivity index (χ1) is 13.2. The van der Waals surface area contributed by atoms with E-state index in [0.29, 0.717) is 15.8 Å². The standard InChI is InChI=1S/C21H16BrNO2.Cu.HI/c22-20-19(24)17-13-7-8-14-18(17)25-21(20,15-9-3-1-4-10-15)23-16-11-5-2-6-12-16;;/h1-14,23-24H;;1H/q;+1;/p-1/t21-;;/m0../s1. The van der Waals surface area contributed by atoms with Crippen LogP contribution in [0.4, 0.5) is 5.69 Å². The molecule has 0 aliphatic carbocycles. The predicted octanol–water partition coefficient (Wildman–Crippen LogP) is 6.55. The minimum absolute atomic E-state index is 0.161. The molecule has 3 aromatic carbocycles. The molecule has 0 saturated heterocycles. The number of aliphatic hydroxyl groups excluding tert-OH is 1. The fraction of sp³-hybridized carbons (Fsp3) is 0.0476. The van der Waals surface area contributed by atoms with E-state index in [1.165, 1.54) is 0 Å². The summed E-state index contributed by atoms with van der Waals surface area (Å²) in [4.78, 5) is 0. The van der Waals surface area contributed by atoms with Crippen LogP contribution < -0.4 is 10.1 Å². The van der Waals surface area contributed by atoms with Crippen LogP contribution in [0.3, 0.4) is 0 Å². The van der Waals surface area contributed by atoms with Gasteiger partial charge in [0.05, 0.1) is 5.56 Å². The third-order valence-electron chi connectivity index (χ3n) is 4.20. The molecule has 27 heavy (non-hydrogen) atoms. The van der Waals surface area contributed by atoms with E-state index in [-0.39, 0.29) is 5.76 Å². The molecular formula is C21H16BrCuINO2. The Morgan fingerprint density at radius 3 is 2.07 bits per heavy atom. The molecule has 0 bridgehead atoms. The summed E-state index contributed by atoms with van der Waals surface area (Å²) in [5, 5.41) is 14.3. The molecule has 0 saturated carbocycles. The molecule has 1 aliphatic rings. The van der Waals surface area contributed by atoms with E-state index in [1.54, 1.807) is 20.3 Å². The number of nitrogens with one attached hydrogen (secondary N) is 1. The molecule has 0 unspecified atom stereocenters. The third kappa shape index (κ3) is 4.04. The van der Waals surface area contributed by atoms with Gasteiger partial charge in [0.2, 0.25) is 5.72 Å². The maximum absolute atomic E-state index is 10.8. The summed E-state index contributed by atoms with van der Waals surface area (Å²) >= 11 is 9.45. The van der Waals surface area contributed by atoms with Gasteiger partial charge in [-0.3, -0.25) is 0 Å². The summed E-state index contributed by atoms with van der Waals surface area (Å²) in [5.74, 6) is 0.782. The number of halogens is 2. The van der Waals surface area contributed by atoms with Crippen LogP contribution in [0.1, 0.15) is 11.1 Å². The van der Waals surface area contributed by atoms with E-state index in [4.69, 9.17) is 4.74 Å². The van der Waals surface area contributed by atoms with Gasteiger partial charge < -0.3 is 15.2 Å². The first kappa shape index (κ1) is 20.3. The van der Waals surface area contributed by atoms with Gasteiger partial charge >= 0.3 is 33.1 Å². The van der Waals surface area contributed by atoms with Gasteiger partial charge in [0.1, 0.15) is 16.0 Å². The summed E-state index contributed by atoms with van der Waals surface area (Å²) < 4.78 is 6.95. The molecule has 2 N–H and O–H groups in total. The number of anilines is 1. The second kappa shape index (κ2) is 9.15. The molecule has 6 heteroatoms. The second-order valence-electron chi connectivity index (χ2n) is 5.80. The summed E-state index contributed by atoms with van der Waals surface area (Å²) in [5.41, 5.74) is 1.37. The zero-order valence-corrected chi connectivity index (χ0v) is 18.7. The van der Waals surface area contributed by atoms with Gasteiger partial charge in [0.15, 0.2) is 0 Å². The van der Waals surface area contributed by atoms with Crippen molar-refractivity contribution in [1.82, 2.24) is 0 Å². The van der Waals surface area contributed by atoms with Crippen LogP contribution in [0.15, 0.2) is 89.4 Å². The van der Waals surface area contributed by atoms with Crippen LogP contribution in [0.5, 0.6) is 5.75 Å². The molecule has 0 fully saturated rings. The molecule has 0 spiro atoms. The molecule has 3 aromatic rings. The Bertz CT molecular complexity index is 937. The quantitative estimate of drug-likeness (QED) is 0.271. The fourth-order valence-electron chi connectivity index (χ4n) is 2.98. The van der Waals surface area contributed by atoms with E-state index in [1.807, 2.05) is 84.9 Å². The minimum atomic E-state index is -1.05. The van der Waals surface area contributed by atoms with E-state index in [9.17, 15) is 5.11 Å². The summed E-state index contributed by atoms with van der Waals surface area (Å²) in [6.45, 7) is 0. The normalized spacial score (nSPS) is 17.9. The fourth-order valence-corrected chi connectivity index (χ4v) is 3.60. The van der Waals surface area contributed by atoms with E-state index in [0.717, 1.165) is 11.3 Å². The number of rotatable bonds is 3. The monoisotopic (exact) mass is 583 g/mol. The van der Waals surface area contributed by atoms with Crippen LogP contribution in [0, 0.1) is 0 Å². The van der Waals surface area contributed by atoms with Crippen LogP contribution in [-0.4, -0.2) is 5.11 Å². The number of benzene rings is 3. The zero-order chi connectivity index (χ0) is 19.3. The van der Waals surface area contributed by atoms with Crippen molar-refractivity contribution in [2.24, 2.45) is 0 Å². The maximum atomic E-state index is 10.8. The Labute approximate surface area is 186 Å². The Hall–Kier alpha value is -1.47. The number of para-hydroxylation sites is 2. The molecule has 3 nitrogen and oxygen atoms in total. The number of aliphatic hydroxyl groups is 1. The van der Waals surface area contributed by atoms with Crippen molar-refractivity contribution < 1.29 is 22.6 Å². The van der Waals surface area contributed by atoms with Crippen molar-refractivity contribution in [3.8, 4) is 5.75 Å². The summed E-state index contributed by atoms with van der Waals surface area (Å²) in [6, 6.07) is 27.0. The topological polar surface area (TPSA) is 41.5 Å². The van der Waals surface area contributed by atoms with Gasteiger partial charge in [-0.2, -0.15) is 0 Å². The van der Waals surface area contributed by atoms with E-state index < -0.39 is 5.72 Å². The molecule has 0 radical (unpaired) electrons. The molecule has 0 amide bonds. The van der Waals surface area contributed by atoms with Crippen LogP contribution in [0.2, 0.25) is 0 Å². The molecular weight excluding hydrogens is 569 g/mol. The number of hydrogen-bond donors (Lipinski definition) is 2. The van der Waals surface area contributed by atoms with Crippen molar-refractivity contribution in [3.63, 3.8) is 0 Å².